The summed E-state index contributed by atoms with van der Waals surface area (Å²) in [6, 6.07) is 5.84. The lowest BCUT2D eigenvalue weighted by molar-refractivity contribution is 0.0684. The van der Waals surface area contributed by atoms with E-state index < -0.39 is 0 Å². The first kappa shape index (κ1) is 13.9. The molecule has 18 heavy (non-hydrogen) atoms. The van der Waals surface area contributed by atoms with Crippen molar-refractivity contribution in [3.63, 3.8) is 0 Å². The molecule has 0 bridgehead atoms. The SMILES string of the molecule is Cc1cc(Br)cc(C(=O)N2CCCC(CCl)C2)c1. The van der Waals surface area contributed by atoms with Gasteiger partial charge >= 0.3 is 0 Å². The van der Waals surface area contributed by atoms with Crippen molar-refractivity contribution in [2.24, 2.45) is 5.92 Å². The quantitative estimate of drug-likeness (QED) is 0.754. The van der Waals surface area contributed by atoms with Crippen molar-refractivity contribution in [2.45, 2.75) is 19.8 Å². The van der Waals surface area contributed by atoms with Crippen molar-refractivity contribution in [1.29, 1.82) is 0 Å². The lowest BCUT2D eigenvalue weighted by Gasteiger charge is -2.32. The standard InChI is InChI=1S/C14H17BrClNO/c1-10-5-12(7-13(15)6-10)14(18)17-4-2-3-11(8-16)9-17/h5-7,11H,2-4,8-9H2,1H3. The van der Waals surface area contributed by atoms with Crippen LogP contribution in [-0.2, 0) is 0 Å². The van der Waals surface area contributed by atoms with Gasteiger partial charge < -0.3 is 4.90 Å². The Morgan fingerprint density at radius 3 is 2.94 bits per heavy atom. The van der Waals surface area contributed by atoms with Crippen LogP contribution in [0.5, 0.6) is 0 Å². The van der Waals surface area contributed by atoms with Gasteiger partial charge in [0.1, 0.15) is 0 Å². The maximum absolute atomic E-state index is 12.4. The molecule has 0 radical (unpaired) electrons. The predicted octanol–water partition coefficient (Wildman–Crippen LogP) is 3.85. The molecule has 1 aliphatic heterocycles. The van der Waals surface area contributed by atoms with Gasteiger partial charge in [-0.1, -0.05) is 15.9 Å². The molecule has 4 heteroatoms. The Bertz CT molecular complexity index is 429. The summed E-state index contributed by atoms with van der Waals surface area (Å²) in [4.78, 5) is 14.4. The van der Waals surface area contributed by atoms with E-state index in [4.69, 9.17) is 11.6 Å². The van der Waals surface area contributed by atoms with Crippen molar-refractivity contribution in [3.8, 4) is 0 Å². The van der Waals surface area contributed by atoms with Crippen molar-refractivity contribution < 1.29 is 4.79 Å². The minimum atomic E-state index is 0.120. The minimum Gasteiger partial charge on any atom is -0.338 e. The van der Waals surface area contributed by atoms with E-state index in [1.165, 1.54) is 0 Å². The molecule has 1 saturated heterocycles. The smallest absolute Gasteiger partial charge is 0.253 e. The van der Waals surface area contributed by atoms with Gasteiger partial charge in [-0.15, -0.1) is 11.6 Å². The van der Waals surface area contributed by atoms with Gasteiger partial charge in [0.15, 0.2) is 0 Å². The average molecular weight is 331 g/mol. The first-order valence-electron chi connectivity index (χ1n) is 6.22. The number of aryl methyl sites for hydroxylation is 1. The second-order valence-electron chi connectivity index (χ2n) is 4.93. The van der Waals surface area contributed by atoms with Crippen molar-refractivity contribution in [2.75, 3.05) is 19.0 Å². The Morgan fingerprint density at radius 1 is 1.50 bits per heavy atom. The van der Waals surface area contributed by atoms with Crippen LogP contribution in [0.4, 0.5) is 0 Å². The van der Waals surface area contributed by atoms with E-state index >= 15 is 0 Å². The third-order valence-electron chi connectivity index (χ3n) is 3.31. The fraction of sp³-hybridized carbons (Fsp3) is 0.500. The van der Waals surface area contributed by atoms with Gasteiger partial charge in [0.05, 0.1) is 0 Å². The monoisotopic (exact) mass is 329 g/mol. The lowest BCUT2D eigenvalue weighted by atomic mass is 9.99. The number of nitrogens with zero attached hydrogens (tertiary/aromatic N) is 1. The van der Waals surface area contributed by atoms with Crippen LogP contribution in [0.1, 0.15) is 28.8 Å². The average Bonchev–Trinajstić information content (AvgIpc) is 2.37. The zero-order chi connectivity index (χ0) is 13.1. The Labute approximate surface area is 121 Å². The number of benzene rings is 1. The highest BCUT2D eigenvalue weighted by Crippen LogP contribution is 2.21. The van der Waals surface area contributed by atoms with Gasteiger partial charge in [-0.25, -0.2) is 0 Å². The van der Waals surface area contributed by atoms with E-state index in [1.54, 1.807) is 0 Å². The van der Waals surface area contributed by atoms with Gasteiger partial charge in [-0.2, -0.15) is 0 Å². The number of carbonyl (C=O) groups is 1. The largest absolute Gasteiger partial charge is 0.338 e. The van der Waals surface area contributed by atoms with E-state index in [2.05, 4.69) is 15.9 Å². The molecule has 1 fully saturated rings. The third-order valence-corrected chi connectivity index (χ3v) is 4.21. The molecule has 0 aliphatic carbocycles. The number of rotatable bonds is 2. The molecule has 1 heterocycles. The number of halogens is 2. The number of piperidine rings is 1. The molecule has 98 valence electrons. The highest BCUT2D eigenvalue weighted by molar-refractivity contribution is 9.10. The van der Waals surface area contributed by atoms with E-state index in [0.717, 1.165) is 41.5 Å². The van der Waals surface area contributed by atoms with Gasteiger partial charge in [0, 0.05) is 29.0 Å². The van der Waals surface area contributed by atoms with E-state index in [0.29, 0.717) is 11.8 Å². The summed E-state index contributed by atoms with van der Waals surface area (Å²) in [5, 5.41) is 0. The summed E-state index contributed by atoms with van der Waals surface area (Å²) in [6.07, 6.45) is 2.18. The molecular weight excluding hydrogens is 314 g/mol. The fourth-order valence-corrected chi connectivity index (χ4v) is 3.28. The van der Waals surface area contributed by atoms with Crippen LogP contribution in [0.3, 0.4) is 0 Å². The lowest BCUT2D eigenvalue weighted by Crippen LogP contribution is -2.40. The van der Waals surface area contributed by atoms with Crippen LogP contribution < -0.4 is 0 Å². The van der Waals surface area contributed by atoms with Crippen LogP contribution in [0.2, 0.25) is 0 Å². The molecule has 0 aromatic heterocycles. The fourth-order valence-electron chi connectivity index (χ4n) is 2.42. The van der Waals surface area contributed by atoms with E-state index in [1.807, 2.05) is 30.0 Å². The number of hydrogen-bond acceptors (Lipinski definition) is 1. The van der Waals surface area contributed by atoms with Crippen molar-refractivity contribution in [3.05, 3.63) is 33.8 Å². The molecule has 0 N–H and O–H groups in total. The molecule has 1 atom stereocenters. The van der Waals surface area contributed by atoms with Gasteiger partial charge in [0.25, 0.3) is 5.91 Å². The zero-order valence-electron chi connectivity index (χ0n) is 10.5. The van der Waals surface area contributed by atoms with Crippen molar-refractivity contribution in [1.82, 2.24) is 4.90 Å². The molecule has 1 unspecified atom stereocenters. The molecule has 2 nitrogen and oxygen atoms in total. The number of alkyl halides is 1. The summed E-state index contributed by atoms with van der Waals surface area (Å²) in [6.45, 7) is 3.63. The molecule has 1 amide bonds. The second kappa shape index (κ2) is 6.07. The molecule has 2 rings (SSSR count). The Morgan fingerprint density at radius 2 is 2.28 bits per heavy atom. The van der Waals surface area contributed by atoms with E-state index in [-0.39, 0.29) is 5.91 Å². The molecular formula is C14H17BrClNO. The van der Waals surface area contributed by atoms with Crippen LogP contribution in [0, 0.1) is 12.8 Å². The summed E-state index contributed by atoms with van der Waals surface area (Å²) in [7, 11) is 0. The van der Waals surface area contributed by atoms with Gasteiger partial charge in [-0.3, -0.25) is 4.79 Å². The highest BCUT2D eigenvalue weighted by Gasteiger charge is 2.24. The number of likely N-dealkylation sites (tertiary alicyclic amines) is 1. The predicted molar refractivity (Wildman–Crippen MR) is 78.2 cm³/mol. The van der Waals surface area contributed by atoms with E-state index in [9.17, 15) is 4.79 Å². The van der Waals surface area contributed by atoms with Crippen molar-refractivity contribution >= 4 is 33.4 Å². The molecule has 1 aromatic carbocycles. The van der Waals surface area contributed by atoms with Crippen LogP contribution in [0.25, 0.3) is 0 Å². The number of amides is 1. The Hall–Kier alpha value is -0.540. The van der Waals surface area contributed by atoms with Gasteiger partial charge in [-0.05, 0) is 49.4 Å². The summed E-state index contributed by atoms with van der Waals surface area (Å²) in [5.74, 6) is 1.20. The molecule has 0 saturated carbocycles. The first-order chi connectivity index (χ1) is 8.60. The summed E-state index contributed by atoms with van der Waals surface area (Å²) in [5.41, 5.74) is 1.86. The second-order valence-corrected chi connectivity index (χ2v) is 6.16. The zero-order valence-corrected chi connectivity index (χ0v) is 12.8. The van der Waals surface area contributed by atoms with Crippen LogP contribution in [-0.4, -0.2) is 29.8 Å². The Balaban J connectivity index is 2.15. The number of hydrogen-bond donors (Lipinski definition) is 0. The third kappa shape index (κ3) is 3.27. The first-order valence-corrected chi connectivity index (χ1v) is 7.55. The maximum Gasteiger partial charge on any atom is 0.253 e. The highest BCUT2D eigenvalue weighted by atomic mass is 79.9. The normalized spacial score (nSPS) is 19.9. The molecule has 1 aromatic rings. The molecule has 0 spiro atoms. The summed E-state index contributed by atoms with van der Waals surface area (Å²) >= 11 is 9.34. The van der Waals surface area contributed by atoms with Crippen LogP contribution >= 0.6 is 27.5 Å². The van der Waals surface area contributed by atoms with Crippen LogP contribution in [0.15, 0.2) is 22.7 Å². The number of carbonyl (C=O) groups excluding carboxylic acids is 1. The van der Waals surface area contributed by atoms with Gasteiger partial charge in [0.2, 0.25) is 0 Å². The minimum absolute atomic E-state index is 0.120. The topological polar surface area (TPSA) is 20.3 Å². The molecule has 1 aliphatic rings. The Kier molecular flexibility index (Phi) is 4.68. The summed E-state index contributed by atoms with van der Waals surface area (Å²) < 4.78 is 0.955. The maximum atomic E-state index is 12.4.